The fraction of sp³-hybridized carbons (Fsp3) is 0.650. The summed E-state index contributed by atoms with van der Waals surface area (Å²) in [4.78, 5) is 17.5. The first kappa shape index (κ1) is 18.3. The third-order valence-corrected chi connectivity index (χ3v) is 5.71. The Kier molecular flexibility index (Phi) is 6.07. The SMILES string of the molecule is C[C@H](N)[C@@H]1CCCN(C(=O)[C@@H]2CCCCN2Cc2ccc(F)cc2)C1. The van der Waals surface area contributed by atoms with Crippen molar-refractivity contribution in [2.75, 3.05) is 19.6 Å². The second kappa shape index (κ2) is 8.28. The summed E-state index contributed by atoms with van der Waals surface area (Å²) in [5.74, 6) is 0.448. The summed E-state index contributed by atoms with van der Waals surface area (Å²) < 4.78 is 13.1. The van der Waals surface area contributed by atoms with Crippen molar-refractivity contribution < 1.29 is 9.18 Å². The minimum Gasteiger partial charge on any atom is -0.341 e. The molecule has 0 aromatic heterocycles. The van der Waals surface area contributed by atoms with Gasteiger partial charge in [-0.25, -0.2) is 4.39 Å². The Morgan fingerprint density at radius 3 is 2.68 bits per heavy atom. The molecule has 25 heavy (non-hydrogen) atoms. The first-order valence-corrected chi connectivity index (χ1v) is 9.57. The van der Waals surface area contributed by atoms with Crippen LogP contribution in [0.15, 0.2) is 24.3 Å². The zero-order valence-corrected chi connectivity index (χ0v) is 15.2. The maximum absolute atomic E-state index is 13.2. The van der Waals surface area contributed by atoms with Gasteiger partial charge in [0.05, 0.1) is 6.04 Å². The lowest BCUT2D eigenvalue weighted by Gasteiger charge is -2.41. The molecule has 2 N–H and O–H groups in total. The molecule has 0 aliphatic carbocycles. The highest BCUT2D eigenvalue weighted by Gasteiger charge is 2.34. The molecule has 0 bridgehead atoms. The van der Waals surface area contributed by atoms with E-state index in [9.17, 15) is 9.18 Å². The van der Waals surface area contributed by atoms with Crippen molar-refractivity contribution in [2.24, 2.45) is 11.7 Å². The van der Waals surface area contributed by atoms with E-state index in [1.807, 2.05) is 24.0 Å². The minimum atomic E-state index is -0.217. The van der Waals surface area contributed by atoms with Crippen LogP contribution in [0.1, 0.15) is 44.6 Å². The summed E-state index contributed by atoms with van der Waals surface area (Å²) in [5.41, 5.74) is 7.13. The summed E-state index contributed by atoms with van der Waals surface area (Å²) in [7, 11) is 0. The van der Waals surface area contributed by atoms with Crippen molar-refractivity contribution in [2.45, 2.75) is 57.7 Å². The Labute approximate surface area is 150 Å². The Balaban J connectivity index is 1.67. The average molecular weight is 347 g/mol. The third kappa shape index (κ3) is 4.59. The largest absolute Gasteiger partial charge is 0.341 e. The number of rotatable bonds is 4. The summed E-state index contributed by atoms with van der Waals surface area (Å²) in [6.45, 7) is 5.32. The average Bonchev–Trinajstić information content (AvgIpc) is 2.63. The van der Waals surface area contributed by atoms with Gasteiger partial charge in [0.15, 0.2) is 0 Å². The highest BCUT2D eigenvalue weighted by atomic mass is 19.1. The number of hydrogen-bond donors (Lipinski definition) is 1. The zero-order valence-electron chi connectivity index (χ0n) is 15.2. The number of amides is 1. The van der Waals surface area contributed by atoms with E-state index in [2.05, 4.69) is 4.90 Å². The lowest BCUT2D eigenvalue weighted by atomic mass is 9.91. The molecule has 138 valence electrons. The Morgan fingerprint density at radius 1 is 1.20 bits per heavy atom. The maximum Gasteiger partial charge on any atom is 0.239 e. The summed E-state index contributed by atoms with van der Waals surface area (Å²) in [6.07, 6.45) is 5.29. The molecule has 2 aliphatic rings. The van der Waals surface area contributed by atoms with Crippen molar-refractivity contribution in [3.63, 3.8) is 0 Å². The molecule has 0 spiro atoms. The van der Waals surface area contributed by atoms with Crippen molar-refractivity contribution in [3.05, 3.63) is 35.6 Å². The summed E-state index contributed by atoms with van der Waals surface area (Å²) >= 11 is 0. The lowest BCUT2D eigenvalue weighted by molar-refractivity contribution is -0.140. The number of likely N-dealkylation sites (tertiary alicyclic amines) is 2. The van der Waals surface area contributed by atoms with E-state index in [0.717, 1.165) is 57.3 Å². The topological polar surface area (TPSA) is 49.6 Å². The van der Waals surface area contributed by atoms with Gasteiger partial charge >= 0.3 is 0 Å². The van der Waals surface area contributed by atoms with Crippen LogP contribution in [0.4, 0.5) is 4.39 Å². The Hall–Kier alpha value is -1.46. The fourth-order valence-corrected chi connectivity index (χ4v) is 4.13. The Morgan fingerprint density at radius 2 is 1.96 bits per heavy atom. The molecule has 2 saturated heterocycles. The molecule has 2 aliphatic heterocycles. The first-order chi connectivity index (χ1) is 12.0. The molecule has 3 rings (SSSR count). The van der Waals surface area contributed by atoms with Crippen LogP contribution in [-0.4, -0.2) is 47.4 Å². The van der Waals surface area contributed by atoms with Crippen LogP contribution in [0.25, 0.3) is 0 Å². The van der Waals surface area contributed by atoms with Crippen LogP contribution < -0.4 is 5.73 Å². The van der Waals surface area contributed by atoms with Gasteiger partial charge in [-0.2, -0.15) is 0 Å². The molecule has 2 fully saturated rings. The molecular formula is C20H30FN3O. The molecule has 4 nitrogen and oxygen atoms in total. The van der Waals surface area contributed by atoms with Crippen LogP contribution in [0.2, 0.25) is 0 Å². The minimum absolute atomic E-state index is 0.0503. The van der Waals surface area contributed by atoms with E-state index in [0.29, 0.717) is 12.5 Å². The summed E-state index contributed by atoms with van der Waals surface area (Å²) in [6, 6.07) is 6.71. The van der Waals surface area contributed by atoms with Crippen LogP contribution in [-0.2, 0) is 11.3 Å². The van der Waals surface area contributed by atoms with Gasteiger partial charge in [-0.1, -0.05) is 18.6 Å². The number of halogens is 1. The molecule has 1 aromatic rings. The predicted molar refractivity (Wildman–Crippen MR) is 97.4 cm³/mol. The number of piperidine rings is 2. The molecule has 5 heteroatoms. The highest BCUT2D eigenvalue weighted by Crippen LogP contribution is 2.25. The van der Waals surface area contributed by atoms with Gasteiger partial charge in [-0.15, -0.1) is 0 Å². The third-order valence-electron chi connectivity index (χ3n) is 5.71. The van der Waals surface area contributed by atoms with Gasteiger partial charge in [0.2, 0.25) is 5.91 Å². The van der Waals surface area contributed by atoms with E-state index in [4.69, 9.17) is 5.73 Å². The van der Waals surface area contributed by atoms with Gasteiger partial charge < -0.3 is 10.6 Å². The number of nitrogens with zero attached hydrogens (tertiary/aromatic N) is 2. The smallest absolute Gasteiger partial charge is 0.239 e. The van der Waals surface area contributed by atoms with Crippen molar-refractivity contribution >= 4 is 5.91 Å². The number of hydrogen-bond acceptors (Lipinski definition) is 3. The quantitative estimate of drug-likeness (QED) is 0.911. The molecule has 1 aromatic carbocycles. The van der Waals surface area contributed by atoms with Crippen LogP contribution in [0.3, 0.4) is 0 Å². The lowest BCUT2D eigenvalue weighted by Crippen LogP contribution is -2.54. The normalized spacial score (nSPS) is 26.4. The van der Waals surface area contributed by atoms with Gasteiger partial charge in [0.25, 0.3) is 0 Å². The second-order valence-corrected chi connectivity index (χ2v) is 7.65. The fourth-order valence-electron chi connectivity index (χ4n) is 4.13. The first-order valence-electron chi connectivity index (χ1n) is 9.57. The van der Waals surface area contributed by atoms with Gasteiger partial charge in [-0.05, 0) is 62.8 Å². The molecular weight excluding hydrogens is 317 g/mol. The van der Waals surface area contributed by atoms with Crippen LogP contribution in [0.5, 0.6) is 0 Å². The van der Waals surface area contributed by atoms with E-state index < -0.39 is 0 Å². The van der Waals surface area contributed by atoms with Gasteiger partial charge in [0.1, 0.15) is 5.82 Å². The standard InChI is InChI=1S/C20H30FN3O/c1-15(22)17-5-4-12-24(14-17)20(25)19-6-2-3-11-23(19)13-16-7-9-18(21)10-8-16/h7-10,15,17,19H,2-6,11-14,22H2,1H3/t15-,17+,19-/m0/s1. The van der Waals surface area contributed by atoms with E-state index in [-0.39, 0.29) is 23.8 Å². The number of carbonyl (C=O) groups excluding carboxylic acids is 1. The highest BCUT2D eigenvalue weighted by molar-refractivity contribution is 5.82. The van der Waals surface area contributed by atoms with E-state index in [1.54, 1.807) is 0 Å². The van der Waals surface area contributed by atoms with Gasteiger partial charge in [0, 0.05) is 25.7 Å². The van der Waals surface area contributed by atoms with Crippen molar-refractivity contribution in [1.29, 1.82) is 0 Å². The summed E-state index contributed by atoms with van der Waals surface area (Å²) in [5, 5.41) is 0. The second-order valence-electron chi connectivity index (χ2n) is 7.65. The number of nitrogens with two attached hydrogens (primary N) is 1. The number of benzene rings is 1. The van der Waals surface area contributed by atoms with Crippen molar-refractivity contribution in [3.8, 4) is 0 Å². The van der Waals surface area contributed by atoms with Crippen LogP contribution in [0, 0.1) is 11.7 Å². The zero-order chi connectivity index (χ0) is 17.8. The predicted octanol–water partition coefficient (Wildman–Crippen LogP) is 2.77. The van der Waals surface area contributed by atoms with Crippen molar-refractivity contribution in [1.82, 2.24) is 9.80 Å². The van der Waals surface area contributed by atoms with Crippen LogP contribution >= 0.6 is 0 Å². The molecule has 1 amide bonds. The molecule has 3 atom stereocenters. The maximum atomic E-state index is 13.2. The Bertz CT molecular complexity index is 575. The molecule has 2 heterocycles. The monoisotopic (exact) mass is 347 g/mol. The van der Waals surface area contributed by atoms with E-state index in [1.165, 1.54) is 12.1 Å². The van der Waals surface area contributed by atoms with Gasteiger partial charge in [-0.3, -0.25) is 9.69 Å². The number of carbonyl (C=O) groups is 1. The molecule has 0 radical (unpaired) electrons. The molecule has 0 saturated carbocycles. The van der Waals surface area contributed by atoms with E-state index >= 15 is 0 Å². The molecule has 0 unspecified atom stereocenters.